The average Bonchev–Trinajstić information content (AvgIpc) is 3.34. The SMILES string of the molecule is C[C@H](CO)Oc1nc(SCc2cccc(F)c2F)nc(NS(=O)(=O)c2ccco2)c1C(=O)N1CCC1. The van der Waals surface area contributed by atoms with E-state index in [0.717, 1.165) is 24.2 Å². The molecule has 0 saturated carbocycles. The lowest BCUT2D eigenvalue weighted by Crippen LogP contribution is -2.42. The molecule has 0 unspecified atom stereocenters. The molecule has 1 saturated heterocycles. The smallest absolute Gasteiger partial charge is 0.296 e. The number of anilines is 1. The molecule has 0 aliphatic carbocycles. The highest BCUT2D eigenvalue weighted by Gasteiger charge is 2.33. The zero-order chi connectivity index (χ0) is 25.9. The molecule has 2 N–H and O–H groups in total. The van der Waals surface area contributed by atoms with Gasteiger partial charge >= 0.3 is 0 Å². The molecule has 0 bridgehead atoms. The van der Waals surface area contributed by atoms with Gasteiger partial charge in [0.25, 0.3) is 15.9 Å². The van der Waals surface area contributed by atoms with E-state index in [2.05, 4.69) is 14.7 Å². The summed E-state index contributed by atoms with van der Waals surface area (Å²) < 4.78 is 66.4. The fraction of sp³-hybridized carbons (Fsp3) is 0.318. The number of carbonyl (C=O) groups is 1. The van der Waals surface area contributed by atoms with Crippen molar-refractivity contribution in [1.29, 1.82) is 0 Å². The van der Waals surface area contributed by atoms with Crippen molar-refractivity contribution >= 4 is 33.5 Å². The van der Waals surface area contributed by atoms with Gasteiger partial charge in [0.1, 0.15) is 11.7 Å². The van der Waals surface area contributed by atoms with Crippen molar-refractivity contribution < 1.29 is 36.3 Å². The molecule has 3 heterocycles. The second-order valence-corrected chi connectivity index (χ2v) is 10.4. The maximum absolute atomic E-state index is 14.1. The highest BCUT2D eigenvalue weighted by Crippen LogP contribution is 2.33. The van der Waals surface area contributed by atoms with Crippen molar-refractivity contribution in [2.24, 2.45) is 0 Å². The Kier molecular flexibility index (Phi) is 7.76. The Morgan fingerprint density at radius 1 is 1.28 bits per heavy atom. The first-order chi connectivity index (χ1) is 17.2. The molecule has 10 nitrogen and oxygen atoms in total. The van der Waals surface area contributed by atoms with Gasteiger partial charge in [0, 0.05) is 24.4 Å². The Labute approximate surface area is 209 Å². The molecule has 4 rings (SSSR count). The van der Waals surface area contributed by atoms with Crippen LogP contribution in [0.15, 0.2) is 51.3 Å². The molecular formula is C22H22F2N4O6S2. The number of sulfonamides is 1. The molecule has 2 aromatic heterocycles. The number of likely N-dealkylation sites (tertiary alicyclic amines) is 1. The summed E-state index contributed by atoms with van der Waals surface area (Å²) in [4.78, 5) is 23.1. The van der Waals surface area contributed by atoms with Crippen LogP contribution in [0.5, 0.6) is 5.88 Å². The minimum absolute atomic E-state index is 0.0354. The maximum Gasteiger partial charge on any atom is 0.296 e. The topological polar surface area (TPSA) is 135 Å². The molecule has 0 spiro atoms. The molecule has 0 radical (unpaired) electrons. The molecule has 14 heteroatoms. The Morgan fingerprint density at radius 2 is 2.06 bits per heavy atom. The van der Waals surface area contributed by atoms with Gasteiger partial charge in [-0.25, -0.2) is 13.8 Å². The molecule has 1 amide bonds. The number of hydrogen-bond acceptors (Lipinski definition) is 9. The van der Waals surface area contributed by atoms with Crippen molar-refractivity contribution in [2.45, 2.75) is 35.5 Å². The third kappa shape index (κ3) is 5.60. The van der Waals surface area contributed by atoms with Crippen molar-refractivity contribution in [2.75, 3.05) is 24.4 Å². The number of rotatable bonds is 10. The molecule has 1 fully saturated rings. The third-order valence-electron chi connectivity index (χ3n) is 5.16. The summed E-state index contributed by atoms with van der Waals surface area (Å²) in [7, 11) is -4.29. The first-order valence-corrected chi connectivity index (χ1v) is 13.3. The van der Waals surface area contributed by atoms with Crippen molar-refractivity contribution in [3.8, 4) is 5.88 Å². The number of aliphatic hydroxyl groups is 1. The van der Waals surface area contributed by atoms with Gasteiger partial charge in [-0.2, -0.15) is 13.4 Å². The van der Waals surface area contributed by atoms with Crippen LogP contribution in [0.4, 0.5) is 14.6 Å². The number of ether oxygens (including phenoxy) is 1. The fourth-order valence-corrected chi connectivity index (χ4v) is 4.89. The number of furan rings is 1. The molecule has 1 aromatic carbocycles. The van der Waals surface area contributed by atoms with Crippen LogP contribution in [-0.4, -0.2) is 60.1 Å². The molecule has 3 aromatic rings. The van der Waals surface area contributed by atoms with E-state index in [1.54, 1.807) is 0 Å². The Balaban J connectivity index is 1.77. The maximum atomic E-state index is 14.1. The van der Waals surface area contributed by atoms with E-state index in [1.165, 1.54) is 42.4 Å². The number of benzene rings is 1. The average molecular weight is 541 g/mol. The third-order valence-corrected chi connectivity index (χ3v) is 7.28. The van der Waals surface area contributed by atoms with E-state index in [1.807, 2.05) is 0 Å². The minimum Gasteiger partial charge on any atom is -0.471 e. The normalized spacial score (nSPS) is 14.3. The Bertz CT molecular complexity index is 1350. The van der Waals surface area contributed by atoms with E-state index in [-0.39, 0.29) is 33.7 Å². The molecule has 1 aliphatic rings. The number of nitrogens with zero attached hydrogens (tertiary/aromatic N) is 3. The van der Waals surface area contributed by atoms with Crippen LogP contribution in [-0.2, 0) is 15.8 Å². The van der Waals surface area contributed by atoms with E-state index in [4.69, 9.17) is 9.15 Å². The molecular weight excluding hydrogens is 518 g/mol. The van der Waals surface area contributed by atoms with E-state index in [0.29, 0.717) is 13.1 Å². The lowest BCUT2D eigenvalue weighted by atomic mass is 10.1. The number of aromatic nitrogens is 2. The van der Waals surface area contributed by atoms with Gasteiger partial charge in [0.05, 0.1) is 12.9 Å². The quantitative estimate of drug-likeness (QED) is 0.294. The molecule has 192 valence electrons. The van der Waals surface area contributed by atoms with Crippen molar-refractivity contribution in [3.05, 3.63) is 59.4 Å². The fourth-order valence-electron chi connectivity index (χ4n) is 3.14. The number of aliphatic hydroxyl groups excluding tert-OH is 1. The van der Waals surface area contributed by atoms with Crippen LogP contribution in [0.25, 0.3) is 0 Å². The van der Waals surface area contributed by atoms with Crippen LogP contribution in [0.3, 0.4) is 0 Å². The standard InChI is InChI=1S/C22H22F2N4O6S2/c1-13(11-29)34-20-17(21(30)28-8-4-9-28)19(27-36(31,32)16-7-3-10-33-16)25-22(26-20)35-12-14-5-2-6-15(23)18(14)24/h2-3,5-7,10,13,29H,4,8-9,11-12H2,1H3,(H,25,26,27)/t13-/m1/s1. The first-order valence-electron chi connectivity index (χ1n) is 10.8. The number of nitrogens with one attached hydrogen (secondary N) is 1. The van der Waals surface area contributed by atoms with Crippen molar-refractivity contribution in [1.82, 2.24) is 14.9 Å². The lowest BCUT2D eigenvalue weighted by Gasteiger charge is -2.31. The monoisotopic (exact) mass is 540 g/mol. The Hall–Kier alpha value is -3.23. The first kappa shape index (κ1) is 25.9. The second-order valence-electron chi connectivity index (χ2n) is 7.83. The van der Waals surface area contributed by atoms with E-state index in [9.17, 15) is 27.1 Å². The van der Waals surface area contributed by atoms with Crippen LogP contribution in [0.1, 0.15) is 29.3 Å². The van der Waals surface area contributed by atoms with E-state index < -0.39 is 45.4 Å². The largest absolute Gasteiger partial charge is 0.471 e. The van der Waals surface area contributed by atoms with Gasteiger partial charge in [-0.15, -0.1) is 0 Å². The number of halogens is 2. The number of hydrogen-bond donors (Lipinski definition) is 2. The summed E-state index contributed by atoms with van der Waals surface area (Å²) in [5, 5.41) is 9.00. The summed E-state index contributed by atoms with van der Waals surface area (Å²) in [6.07, 6.45) is 1.15. The lowest BCUT2D eigenvalue weighted by molar-refractivity contribution is 0.0637. The predicted molar refractivity (Wildman–Crippen MR) is 125 cm³/mol. The molecule has 1 atom stereocenters. The van der Waals surface area contributed by atoms with Gasteiger partial charge in [-0.3, -0.25) is 9.52 Å². The minimum atomic E-state index is -4.29. The predicted octanol–water partition coefficient (Wildman–Crippen LogP) is 3.05. The zero-order valence-electron chi connectivity index (χ0n) is 19.0. The Morgan fingerprint density at radius 3 is 2.69 bits per heavy atom. The van der Waals surface area contributed by atoms with Gasteiger partial charge in [-0.05, 0) is 31.5 Å². The zero-order valence-corrected chi connectivity index (χ0v) is 20.6. The van der Waals surface area contributed by atoms with Crippen LogP contribution in [0, 0.1) is 11.6 Å². The summed E-state index contributed by atoms with van der Waals surface area (Å²) in [6.45, 7) is 2.02. The number of carbonyl (C=O) groups excluding carboxylic acids is 1. The van der Waals surface area contributed by atoms with Crippen LogP contribution >= 0.6 is 11.8 Å². The summed E-state index contributed by atoms with van der Waals surface area (Å²) in [5.41, 5.74) is -0.209. The van der Waals surface area contributed by atoms with Crippen LogP contribution in [0.2, 0.25) is 0 Å². The summed E-state index contributed by atoms with van der Waals surface area (Å²) in [6, 6.07) is 6.32. The van der Waals surface area contributed by atoms with Gasteiger partial charge in [-0.1, -0.05) is 23.9 Å². The molecule has 36 heavy (non-hydrogen) atoms. The number of amides is 1. The van der Waals surface area contributed by atoms with Crippen molar-refractivity contribution in [3.63, 3.8) is 0 Å². The number of thioether (sulfide) groups is 1. The van der Waals surface area contributed by atoms with Gasteiger partial charge in [0.2, 0.25) is 11.0 Å². The van der Waals surface area contributed by atoms with Crippen LogP contribution < -0.4 is 9.46 Å². The highest BCUT2D eigenvalue weighted by molar-refractivity contribution is 7.98. The highest BCUT2D eigenvalue weighted by atomic mass is 32.2. The summed E-state index contributed by atoms with van der Waals surface area (Å²) >= 11 is 0.877. The summed E-state index contributed by atoms with van der Waals surface area (Å²) in [5.74, 6) is -3.34. The van der Waals surface area contributed by atoms with Gasteiger partial charge < -0.3 is 19.2 Å². The second kappa shape index (κ2) is 10.8. The van der Waals surface area contributed by atoms with Gasteiger partial charge in [0.15, 0.2) is 22.6 Å². The van der Waals surface area contributed by atoms with E-state index >= 15 is 0 Å². The molecule has 1 aliphatic heterocycles.